The molecule has 0 saturated carbocycles. The Hall–Kier alpha value is -2.61. The van der Waals surface area contributed by atoms with Crippen molar-refractivity contribution in [3.8, 4) is 0 Å². The second-order valence-corrected chi connectivity index (χ2v) is 7.73. The molecule has 0 spiro atoms. The molecule has 0 unspecified atom stereocenters. The number of halogens is 2. The van der Waals surface area contributed by atoms with Gasteiger partial charge in [0.1, 0.15) is 0 Å². The molecule has 0 aliphatic carbocycles. The zero-order valence-electron chi connectivity index (χ0n) is 16.4. The lowest BCUT2D eigenvalue weighted by Gasteiger charge is -2.13. The summed E-state index contributed by atoms with van der Waals surface area (Å²) in [7, 11) is 0. The van der Waals surface area contributed by atoms with Crippen LogP contribution in [0.1, 0.15) is 24.0 Å². The van der Waals surface area contributed by atoms with Crippen LogP contribution in [0, 0.1) is 6.92 Å². The van der Waals surface area contributed by atoms with E-state index in [-0.39, 0.29) is 6.10 Å². The van der Waals surface area contributed by atoms with Gasteiger partial charge in [0.15, 0.2) is 0 Å². The number of hydrogen-bond acceptors (Lipinski definition) is 5. The summed E-state index contributed by atoms with van der Waals surface area (Å²) in [5, 5.41) is 10.8. The summed E-state index contributed by atoms with van der Waals surface area (Å²) in [6, 6.07) is 10.7. The molecule has 1 saturated heterocycles. The predicted molar refractivity (Wildman–Crippen MR) is 119 cm³/mol. The molecule has 0 aromatic heterocycles. The van der Waals surface area contributed by atoms with Gasteiger partial charge in [0.2, 0.25) is 0 Å². The fourth-order valence-electron chi connectivity index (χ4n) is 2.93. The minimum absolute atomic E-state index is 0.0414. The number of aryl methyl sites for hydroxylation is 1. The minimum Gasteiger partial charge on any atom is -0.376 e. The van der Waals surface area contributed by atoms with Crippen molar-refractivity contribution in [1.82, 2.24) is 10.7 Å². The molecule has 1 aliphatic rings. The monoisotopic (exact) mass is 448 g/mol. The molecular weight excluding hydrogens is 427 g/mol. The Balaban J connectivity index is 1.63. The summed E-state index contributed by atoms with van der Waals surface area (Å²) >= 11 is 12.2. The van der Waals surface area contributed by atoms with Crippen LogP contribution in [0.4, 0.5) is 11.4 Å². The van der Waals surface area contributed by atoms with E-state index in [1.165, 1.54) is 6.21 Å². The number of ether oxygens (including phenoxy) is 1. The van der Waals surface area contributed by atoms with Crippen LogP contribution < -0.4 is 16.1 Å². The number of anilines is 2. The highest BCUT2D eigenvalue weighted by atomic mass is 35.5. The normalized spacial score (nSPS) is 15.9. The Kier molecular flexibility index (Phi) is 7.68. The van der Waals surface area contributed by atoms with Crippen LogP contribution in [0.25, 0.3) is 0 Å². The van der Waals surface area contributed by atoms with Crippen molar-refractivity contribution in [3.63, 3.8) is 0 Å². The highest BCUT2D eigenvalue weighted by Gasteiger charge is 2.19. The van der Waals surface area contributed by atoms with Crippen molar-refractivity contribution < 1.29 is 14.3 Å². The smallest absolute Gasteiger partial charge is 0.329 e. The van der Waals surface area contributed by atoms with Crippen molar-refractivity contribution in [2.24, 2.45) is 5.10 Å². The first kappa shape index (κ1) is 22.1. The number of amides is 2. The van der Waals surface area contributed by atoms with Crippen LogP contribution >= 0.6 is 23.2 Å². The number of carbonyl (C=O) groups is 2. The van der Waals surface area contributed by atoms with Crippen molar-refractivity contribution in [2.45, 2.75) is 25.9 Å². The van der Waals surface area contributed by atoms with E-state index in [2.05, 4.69) is 21.2 Å². The second-order valence-electron chi connectivity index (χ2n) is 6.86. The maximum atomic E-state index is 11.9. The molecule has 3 N–H and O–H groups in total. The van der Waals surface area contributed by atoms with Crippen LogP contribution in [-0.2, 0) is 14.3 Å². The number of nitrogens with zero attached hydrogens (tertiary/aromatic N) is 1. The SMILES string of the molecule is Cc1ccc(Cl)cc1Nc1ccc(Cl)cc1/C=N\NC(=O)C(=O)NC[C@H]1CCCO1. The average Bonchev–Trinajstić information content (AvgIpc) is 3.24. The third-order valence-electron chi connectivity index (χ3n) is 4.57. The van der Waals surface area contributed by atoms with E-state index in [1.54, 1.807) is 18.2 Å². The molecule has 1 atom stereocenters. The van der Waals surface area contributed by atoms with Crippen molar-refractivity contribution in [1.29, 1.82) is 0 Å². The van der Waals surface area contributed by atoms with Crippen LogP contribution in [0.15, 0.2) is 41.5 Å². The molecule has 9 heteroatoms. The Morgan fingerprint density at radius 2 is 1.90 bits per heavy atom. The lowest BCUT2D eigenvalue weighted by molar-refractivity contribution is -0.139. The summed E-state index contributed by atoms with van der Waals surface area (Å²) in [6.07, 6.45) is 3.21. The van der Waals surface area contributed by atoms with Gasteiger partial charge >= 0.3 is 11.8 Å². The lowest BCUT2D eigenvalue weighted by Crippen LogP contribution is -2.41. The van der Waals surface area contributed by atoms with E-state index in [9.17, 15) is 9.59 Å². The topological polar surface area (TPSA) is 91.8 Å². The second kappa shape index (κ2) is 10.4. The molecule has 1 heterocycles. The first-order chi connectivity index (χ1) is 14.4. The van der Waals surface area contributed by atoms with Gasteiger partial charge in [-0.25, -0.2) is 5.43 Å². The van der Waals surface area contributed by atoms with Crippen LogP contribution in [-0.4, -0.2) is 37.3 Å². The van der Waals surface area contributed by atoms with Gasteiger partial charge in [-0.3, -0.25) is 9.59 Å². The van der Waals surface area contributed by atoms with Crippen molar-refractivity contribution in [3.05, 3.63) is 57.6 Å². The summed E-state index contributed by atoms with van der Waals surface area (Å²) in [6.45, 7) is 2.94. The number of hydrogen-bond donors (Lipinski definition) is 3. The van der Waals surface area contributed by atoms with Gasteiger partial charge in [-0.1, -0.05) is 29.3 Å². The quantitative estimate of drug-likeness (QED) is 0.356. The first-order valence-electron chi connectivity index (χ1n) is 9.48. The van der Waals surface area contributed by atoms with Gasteiger partial charge in [-0.05, 0) is 55.7 Å². The molecular formula is C21H22Cl2N4O3. The Bertz CT molecular complexity index is 959. The Morgan fingerprint density at radius 3 is 2.67 bits per heavy atom. The summed E-state index contributed by atoms with van der Waals surface area (Å²) < 4.78 is 5.41. The molecule has 0 radical (unpaired) electrons. The van der Waals surface area contributed by atoms with E-state index in [0.717, 1.165) is 24.1 Å². The Morgan fingerprint density at radius 1 is 1.13 bits per heavy atom. The summed E-state index contributed by atoms with van der Waals surface area (Å²) in [4.78, 5) is 23.8. The highest BCUT2D eigenvalue weighted by molar-refractivity contribution is 6.35. The van der Waals surface area contributed by atoms with Gasteiger partial charge in [0.25, 0.3) is 0 Å². The van der Waals surface area contributed by atoms with Crippen molar-refractivity contribution >= 4 is 52.6 Å². The van der Waals surface area contributed by atoms with Gasteiger partial charge in [-0.15, -0.1) is 0 Å². The molecule has 2 aromatic rings. The maximum absolute atomic E-state index is 11.9. The zero-order chi connectivity index (χ0) is 21.5. The average molecular weight is 449 g/mol. The summed E-state index contributed by atoms with van der Waals surface area (Å²) in [5.41, 5.74) is 5.40. The lowest BCUT2D eigenvalue weighted by atomic mass is 10.1. The van der Waals surface area contributed by atoms with Crippen LogP contribution in [0.2, 0.25) is 10.0 Å². The van der Waals surface area contributed by atoms with Crippen molar-refractivity contribution in [2.75, 3.05) is 18.5 Å². The Labute approximate surface area is 184 Å². The molecule has 2 amide bonds. The number of carbonyl (C=O) groups excluding carboxylic acids is 2. The fraction of sp³-hybridized carbons (Fsp3) is 0.286. The molecule has 0 bridgehead atoms. The van der Waals surface area contributed by atoms with Gasteiger partial charge in [0.05, 0.1) is 12.3 Å². The number of hydrazone groups is 1. The molecule has 30 heavy (non-hydrogen) atoms. The van der Waals surface area contributed by atoms with Gasteiger partial charge in [-0.2, -0.15) is 5.10 Å². The third-order valence-corrected chi connectivity index (χ3v) is 5.04. The van der Waals surface area contributed by atoms with Crippen LogP contribution in [0.5, 0.6) is 0 Å². The molecule has 7 nitrogen and oxygen atoms in total. The number of nitrogens with one attached hydrogen (secondary N) is 3. The van der Waals surface area contributed by atoms with E-state index >= 15 is 0 Å². The van der Waals surface area contributed by atoms with Gasteiger partial charge < -0.3 is 15.4 Å². The summed E-state index contributed by atoms with van der Waals surface area (Å²) in [5.74, 6) is -1.62. The standard InChI is InChI=1S/C21H22Cl2N4O3/c1-13-4-5-16(23)10-19(13)26-18-7-6-15(22)9-14(18)11-25-27-21(29)20(28)24-12-17-3-2-8-30-17/h4-7,9-11,17,26H,2-3,8,12H2,1H3,(H,24,28)(H,27,29)/b25-11-/t17-/m1/s1. The minimum atomic E-state index is -0.855. The zero-order valence-corrected chi connectivity index (χ0v) is 17.9. The first-order valence-corrected chi connectivity index (χ1v) is 10.2. The molecule has 158 valence electrons. The van der Waals surface area contributed by atoms with E-state index in [0.29, 0.717) is 34.4 Å². The number of benzene rings is 2. The maximum Gasteiger partial charge on any atom is 0.329 e. The fourth-order valence-corrected chi connectivity index (χ4v) is 3.28. The predicted octanol–water partition coefficient (Wildman–Crippen LogP) is 3.79. The van der Waals surface area contributed by atoms with Crippen LogP contribution in [0.3, 0.4) is 0 Å². The third kappa shape index (κ3) is 6.19. The van der Waals surface area contributed by atoms with E-state index < -0.39 is 11.8 Å². The van der Waals surface area contributed by atoms with E-state index in [4.69, 9.17) is 27.9 Å². The molecule has 3 rings (SSSR count). The molecule has 1 aliphatic heterocycles. The number of rotatable bonds is 6. The molecule has 1 fully saturated rings. The highest BCUT2D eigenvalue weighted by Crippen LogP contribution is 2.27. The van der Waals surface area contributed by atoms with E-state index in [1.807, 2.05) is 25.1 Å². The largest absolute Gasteiger partial charge is 0.376 e. The molecule has 2 aromatic carbocycles. The van der Waals surface area contributed by atoms with Gasteiger partial charge in [0, 0.05) is 40.1 Å².